The smallest absolute Gasteiger partial charge is 0.141 e. The molecule has 0 amide bonds. The molecule has 3 unspecified atom stereocenters. The summed E-state index contributed by atoms with van der Waals surface area (Å²) in [5.41, 5.74) is 0.605. The molecule has 3 atom stereocenters. The van der Waals surface area contributed by atoms with Gasteiger partial charge in [-0.15, -0.1) is 0 Å². The number of pyridine rings is 1. The van der Waals surface area contributed by atoms with Crippen molar-refractivity contribution in [2.75, 3.05) is 0 Å². The first-order chi connectivity index (χ1) is 8.20. The number of halogens is 1. The van der Waals surface area contributed by atoms with Crippen LogP contribution in [0.15, 0.2) is 18.3 Å². The third kappa shape index (κ3) is 3.03. The second kappa shape index (κ2) is 5.58. The van der Waals surface area contributed by atoms with E-state index in [4.69, 9.17) is 0 Å². The van der Waals surface area contributed by atoms with Gasteiger partial charge in [0.2, 0.25) is 0 Å². The Morgan fingerprint density at radius 2 is 2.29 bits per heavy atom. The number of rotatable bonds is 3. The zero-order chi connectivity index (χ0) is 12.3. The lowest BCUT2D eigenvalue weighted by atomic mass is 9.77. The maximum absolute atomic E-state index is 12.8. The summed E-state index contributed by atoms with van der Waals surface area (Å²) < 4.78 is 12.8. The van der Waals surface area contributed by atoms with Crippen molar-refractivity contribution >= 4 is 0 Å². The van der Waals surface area contributed by atoms with E-state index < -0.39 is 6.10 Å². The first-order valence-corrected chi connectivity index (χ1v) is 6.50. The summed E-state index contributed by atoms with van der Waals surface area (Å²) in [6.45, 7) is 2.20. The van der Waals surface area contributed by atoms with E-state index in [9.17, 15) is 9.50 Å². The van der Waals surface area contributed by atoms with E-state index in [-0.39, 0.29) is 11.7 Å². The van der Waals surface area contributed by atoms with Gasteiger partial charge in [0.25, 0.3) is 0 Å². The molecule has 0 aromatic carbocycles. The minimum absolute atomic E-state index is 0.284. The summed E-state index contributed by atoms with van der Waals surface area (Å²) in [7, 11) is 0. The fourth-order valence-electron chi connectivity index (χ4n) is 2.79. The van der Waals surface area contributed by atoms with Crippen molar-refractivity contribution in [1.82, 2.24) is 4.98 Å². The van der Waals surface area contributed by atoms with Crippen LogP contribution < -0.4 is 0 Å². The van der Waals surface area contributed by atoms with E-state index in [2.05, 4.69) is 11.9 Å². The summed E-state index contributed by atoms with van der Waals surface area (Å²) in [6.07, 6.45) is 6.40. The summed E-state index contributed by atoms with van der Waals surface area (Å²) in [5, 5.41) is 10.3. The van der Waals surface area contributed by atoms with Crippen molar-refractivity contribution in [3.05, 3.63) is 29.8 Å². The molecule has 1 aliphatic rings. The Labute approximate surface area is 102 Å². The van der Waals surface area contributed by atoms with Crippen LogP contribution in [0.3, 0.4) is 0 Å². The SMILES string of the molecule is CCC1CCCC(C(O)c2ccc(F)cn2)C1. The molecule has 3 heteroatoms. The first-order valence-electron chi connectivity index (χ1n) is 6.50. The van der Waals surface area contributed by atoms with Gasteiger partial charge in [0.05, 0.1) is 18.0 Å². The van der Waals surface area contributed by atoms with Crippen LogP contribution in [-0.4, -0.2) is 10.1 Å². The van der Waals surface area contributed by atoms with Crippen LogP contribution in [0.5, 0.6) is 0 Å². The van der Waals surface area contributed by atoms with E-state index in [0.717, 1.165) is 18.8 Å². The van der Waals surface area contributed by atoms with Gasteiger partial charge in [0.15, 0.2) is 0 Å². The molecule has 2 rings (SSSR count). The summed E-state index contributed by atoms with van der Waals surface area (Å²) in [6, 6.07) is 2.96. The molecule has 1 heterocycles. The minimum Gasteiger partial charge on any atom is -0.387 e. The Morgan fingerprint density at radius 3 is 2.94 bits per heavy atom. The summed E-state index contributed by atoms with van der Waals surface area (Å²) >= 11 is 0. The van der Waals surface area contributed by atoms with E-state index in [1.807, 2.05) is 0 Å². The molecule has 94 valence electrons. The topological polar surface area (TPSA) is 33.1 Å². The van der Waals surface area contributed by atoms with Crippen molar-refractivity contribution in [1.29, 1.82) is 0 Å². The molecule has 1 N–H and O–H groups in total. The largest absolute Gasteiger partial charge is 0.387 e. The standard InChI is InChI=1S/C14H20FNO/c1-2-10-4-3-5-11(8-10)14(17)13-7-6-12(15)9-16-13/h6-7,9-11,14,17H,2-5,8H2,1H3. The average Bonchev–Trinajstić information content (AvgIpc) is 2.39. The number of hydrogen-bond acceptors (Lipinski definition) is 2. The van der Waals surface area contributed by atoms with Gasteiger partial charge in [-0.3, -0.25) is 4.98 Å². The number of hydrogen-bond donors (Lipinski definition) is 1. The summed E-state index contributed by atoms with van der Waals surface area (Å²) in [4.78, 5) is 3.98. The number of aliphatic hydroxyl groups excluding tert-OH is 1. The van der Waals surface area contributed by atoms with Gasteiger partial charge < -0.3 is 5.11 Å². The van der Waals surface area contributed by atoms with Crippen LogP contribution in [0.2, 0.25) is 0 Å². The molecule has 1 aromatic rings. The fourth-order valence-corrected chi connectivity index (χ4v) is 2.79. The van der Waals surface area contributed by atoms with Gasteiger partial charge >= 0.3 is 0 Å². The highest BCUT2D eigenvalue weighted by molar-refractivity contribution is 5.09. The molecule has 0 spiro atoms. The van der Waals surface area contributed by atoms with Crippen LogP contribution in [0.4, 0.5) is 4.39 Å². The highest BCUT2D eigenvalue weighted by Gasteiger charge is 2.28. The highest BCUT2D eigenvalue weighted by Crippen LogP contribution is 2.37. The highest BCUT2D eigenvalue weighted by atomic mass is 19.1. The zero-order valence-corrected chi connectivity index (χ0v) is 10.3. The van der Waals surface area contributed by atoms with E-state index in [1.165, 1.54) is 31.5 Å². The zero-order valence-electron chi connectivity index (χ0n) is 10.3. The predicted octanol–water partition coefficient (Wildman–Crippen LogP) is 3.47. The first kappa shape index (κ1) is 12.5. The molecule has 2 nitrogen and oxygen atoms in total. The molecule has 17 heavy (non-hydrogen) atoms. The Hall–Kier alpha value is -0.960. The van der Waals surface area contributed by atoms with Crippen molar-refractivity contribution in [3.63, 3.8) is 0 Å². The number of aromatic nitrogens is 1. The van der Waals surface area contributed by atoms with E-state index in [0.29, 0.717) is 5.69 Å². The lowest BCUT2D eigenvalue weighted by Crippen LogP contribution is -2.21. The van der Waals surface area contributed by atoms with Crippen molar-refractivity contribution in [2.45, 2.75) is 45.1 Å². The van der Waals surface area contributed by atoms with E-state index >= 15 is 0 Å². The van der Waals surface area contributed by atoms with Gasteiger partial charge in [-0.05, 0) is 36.8 Å². The van der Waals surface area contributed by atoms with Crippen LogP contribution in [-0.2, 0) is 0 Å². The second-order valence-corrected chi connectivity index (χ2v) is 5.05. The molecule has 1 saturated carbocycles. The fraction of sp³-hybridized carbons (Fsp3) is 0.643. The molecule has 1 aromatic heterocycles. The maximum Gasteiger partial charge on any atom is 0.141 e. The Kier molecular flexibility index (Phi) is 4.11. The summed E-state index contributed by atoms with van der Waals surface area (Å²) in [5.74, 6) is 0.659. The molecule has 0 bridgehead atoms. The monoisotopic (exact) mass is 237 g/mol. The van der Waals surface area contributed by atoms with Crippen molar-refractivity contribution in [3.8, 4) is 0 Å². The quantitative estimate of drug-likeness (QED) is 0.873. The van der Waals surface area contributed by atoms with Crippen LogP contribution in [0.25, 0.3) is 0 Å². The minimum atomic E-state index is -0.537. The van der Waals surface area contributed by atoms with E-state index in [1.54, 1.807) is 6.07 Å². The lowest BCUT2D eigenvalue weighted by molar-refractivity contribution is 0.0644. The average molecular weight is 237 g/mol. The van der Waals surface area contributed by atoms with Gasteiger partial charge in [0, 0.05) is 0 Å². The number of nitrogens with zero attached hydrogens (tertiary/aromatic N) is 1. The van der Waals surface area contributed by atoms with Gasteiger partial charge in [-0.1, -0.05) is 26.2 Å². The van der Waals surface area contributed by atoms with Crippen LogP contribution in [0.1, 0.15) is 50.8 Å². The second-order valence-electron chi connectivity index (χ2n) is 5.05. The van der Waals surface area contributed by atoms with Gasteiger partial charge in [-0.2, -0.15) is 0 Å². The maximum atomic E-state index is 12.8. The van der Waals surface area contributed by atoms with Gasteiger partial charge in [0.1, 0.15) is 5.82 Å². The molecular formula is C14H20FNO. The Bertz CT molecular complexity index is 352. The molecule has 0 saturated heterocycles. The van der Waals surface area contributed by atoms with Crippen LogP contribution >= 0.6 is 0 Å². The molecule has 1 aliphatic carbocycles. The Morgan fingerprint density at radius 1 is 1.47 bits per heavy atom. The third-order valence-corrected chi connectivity index (χ3v) is 3.90. The third-order valence-electron chi connectivity index (χ3n) is 3.90. The lowest BCUT2D eigenvalue weighted by Gasteiger charge is -2.31. The predicted molar refractivity (Wildman–Crippen MR) is 64.9 cm³/mol. The molecular weight excluding hydrogens is 217 g/mol. The molecule has 0 aliphatic heterocycles. The molecule has 1 fully saturated rings. The van der Waals surface area contributed by atoms with Crippen molar-refractivity contribution in [2.24, 2.45) is 11.8 Å². The Balaban J connectivity index is 2.03. The van der Waals surface area contributed by atoms with Crippen LogP contribution in [0, 0.1) is 17.7 Å². The molecule has 0 radical (unpaired) electrons. The normalized spacial score (nSPS) is 26.8. The van der Waals surface area contributed by atoms with Gasteiger partial charge in [-0.25, -0.2) is 4.39 Å². The number of aliphatic hydroxyl groups is 1. The van der Waals surface area contributed by atoms with Crippen molar-refractivity contribution < 1.29 is 9.50 Å².